The molecule has 2 aromatic carbocycles. The molecule has 6 heteroatoms. The number of rotatable bonds is 6. The molecule has 3 fully saturated rings. The molecule has 2 aliphatic carbocycles. The van der Waals surface area contributed by atoms with Crippen LogP contribution >= 0.6 is 23.4 Å². The molecule has 0 spiro atoms. The lowest BCUT2D eigenvalue weighted by atomic mass is 9.94. The lowest BCUT2D eigenvalue weighted by Crippen LogP contribution is -2.41. The molecular formula is C29H33ClN2O2S. The number of benzene rings is 2. The highest BCUT2D eigenvalue weighted by Gasteiger charge is 2.39. The quantitative estimate of drug-likeness (QED) is 0.373. The fraction of sp³-hybridized carbons (Fsp3) is 0.448. The molecule has 35 heavy (non-hydrogen) atoms. The van der Waals surface area contributed by atoms with Gasteiger partial charge in [-0.1, -0.05) is 80.5 Å². The van der Waals surface area contributed by atoms with E-state index in [0.717, 1.165) is 52.6 Å². The summed E-state index contributed by atoms with van der Waals surface area (Å²) >= 11 is 7.79. The number of amidine groups is 1. The Morgan fingerprint density at radius 3 is 2.34 bits per heavy atom. The maximum absolute atomic E-state index is 13.5. The highest BCUT2D eigenvalue weighted by Crippen LogP contribution is 2.38. The van der Waals surface area contributed by atoms with Gasteiger partial charge in [0.05, 0.1) is 10.9 Å². The van der Waals surface area contributed by atoms with E-state index in [-0.39, 0.29) is 11.9 Å². The van der Waals surface area contributed by atoms with Crippen molar-refractivity contribution < 1.29 is 9.53 Å². The van der Waals surface area contributed by atoms with E-state index < -0.39 is 0 Å². The van der Waals surface area contributed by atoms with E-state index in [1.165, 1.54) is 38.5 Å². The zero-order valence-electron chi connectivity index (χ0n) is 20.1. The van der Waals surface area contributed by atoms with Crippen LogP contribution in [-0.2, 0) is 11.4 Å². The van der Waals surface area contributed by atoms with Crippen molar-refractivity contribution in [3.8, 4) is 5.75 Å². The molecule has 2 aromatic rings. The zero-order valence-corrected chi connectivity index (χ0v) is 21.7. The predicted molar refractivity (Wildman–Crippen MR) is 146 cm³/mol. The van der Waals surface area contributed by atoms with Gasteiger partial charge in [-0.2, -0.15) is 0 Å². The summed E-state index contributed by atoms with van der Waals surface area (Å²) in [5.41, 5.74) is 1.95. The molecule has 2 saturated carbocycles. The number of hydrogen-bond acceptors (Lipinski definition) is 4. The van der Waals surface area contributed by atoms with Crippen molar-refractivity contribution >= 4 is 40.5 Å². The summed E-state index contributed by atoms with van der Waals surface area (Å²) in [6.45, 7) is 0.422. The van der Waals surface area contributed by atoms with Crippen LogP contribution in [0.15, 0.2) is 58.4 Å². The Hall–Kier alpha value is -2.24. The Bertz CT molecular complexity index is 1090. The molecule has 3 aliphatic rings. The van der Waals surface area contributed by atoms with E-state index in [4.69, 9.17) is 21.3 Å². The minimum absolute atomic E-state index is 0.121. The first-order valence-electron chi connectivity index (χ1n) is 12.9. The summed E-state index contributed by atoms with van der Waals surface area (Å²) in [5, 5.41) is 1.64. The number of aliphatic imine (C=N–C) groups is 1. The summed E-state index contributed by atoms with van der Waals surface area (Å²) in [6.07, 6.45) is 13.9. The van der Waals surface area contributed by atoms with Gasteiger partial charge in [0, 0.05) is 16.6 Å². The monoisotopic (exact) mass is 508 g/mol. The van der Waals surface area contributed by atoms with Gasteiger partial charge < -0.3 is 4.74 Å². The van der Waals surface area contributed by atoms with Crippen LogP contribution in [0.5, 0.6) is 5.75 Å². The first kappa shape index (κ1) is 24.5. The van der Waals surface area contributed by atoms with Gasteiger partial charge >= 0.3 is 0 Å². The van der Waals surface area contributed by atoms with Crippen LogP contribution in [0, 0.1) is 0 Å². The number of nitrogens with zero attached hydrogens (tertiary/aromatic N) is 2. The van der Waals surface area contributed by atoms with Gasteiger partial charge in [-0.25, -0.2) is 0 Å². The molecule has 0 aromatic heterocycles. The van der Waals surface area contributed by atoms with Crippen molar-refractivity contribution in [3.05, 3.63) is 69.6 Å². The fourth-order valence-electron chi connectivity index (χ4n) is 5.19. The lowest BCUT2D eigenvalue weighted by Gasteiger charge is -2.31. The molecule has 1 heterocycles. The van der Waals surface area contributed by atoms with Crippen LogP contribution in [0.25, 0.3) is 6.08 Å². The van der Waals surface area contributed by atoms with Crippen molar-refractivity contribution in [1.82, 2.24) is 4.90 Å². The van der Waals surface area contributed by atoms with Crippen LogP contribution in [0.1, 0.15) is 75.3 Å². The largest absolute Gasteiger partial charge is 0.489 e. The average Bonchev–Trinajstić information content (AvgIpc) is 3.19. The van der Waals surface area contributed by atoms with Crippen molar-refractivity contribution in [1.29, 1.82) is 0 Å². The van der Waals surface area contributed by atoms with Gasteiger partial charge in [0.25, 0.3) is 5.91 Å². The number of carbonyl (C=O) groups is 1. The zero-order chi connectivity index (χ0) is 24.0. The molecular weight excluding hydrogens is 476 g/mol. The number of hydrogen-bond donors (Lipinski definition) is 0. The van der Waals surface area contributed by atoms with E-state index >= 15 is 0 Å². The van der Waals surface area contributed by atoms with Crippen LogP contribution in [0.2, 0.25) is 5.02 Å². The highest BCUT2D eigenvalue weighted by molar-refractivity contribution is 8.18. The van der Waals surface area contributed by atoms with E-state index in [1.54, 1.807) is 11.8 Å². The molecule has 0 N–H and O–H groups in total. The molecule has 184 valence electrons. The van der Waals surface area contributed by atoms with Gasteiger partial charge in [-0.05, 0) is 67.3 Å². The Labute approximate surface area is 217 Å². The number of amides is 1. The normalized spacial score (nSPS) is 22.3. The first-order valence-corrected chi connectivity index (χ1v) is 14.1. The van der Waals surface area contributed by atoms with Gasteiger partial charge in [0.1, 0.15) is 12.4 Å². The molecule has 0 atom stereocenters. The fourth-order valence-corrected chi connectivity index (χ4v) is 6.49. The Morgan fingerprint density at radius 1 is 0.943 bits per heavy atom. The third-order valence-electron chi connectivity index (χ3n) is 7.17. The molecule has 0 bridgehead atoms. The minimum Gasteiger partial charge on any atom is -0.489 e. The van der Waals surface area contributed by atoms with E-state index in [0.29, 0.717) is 17.7 Å². The van der Waals surface area contributed by atoms with Crippen LogP contribution in [0.3, 0.4) is 0 Å². The highest BCUT2D eigenvalue weighted by atomic mass is 35.5. The first-order chi connectivity index (χ1) is 17.2. The molecule has 5 rings (SSSR count). The topological polar surface area (TPSA) is 41.9 Å². The molecule has 1 aliphatic heterocycles. The van der Waals surface area contributed by atoms with Crippen molar-refractivity contribution in [2.45, 2.75) is 82.9 Å². The Kier molecular flexibility index (Phi) is 8.15. The Balaban J connectivity index is 1.31. The van der Waals surface area contributed by atoms with Crippen LogP contribution in [-0.4, -0.2) is 28.1 Å². The second-order valence-electron chi connectivity index (χ2n) is 9.73. The maximum Gasteiger partial charge on any atom is 0.266 e. The van der Waals surface area contributed by atoms with Crippen LogP contribution in [0.4, 0.5) is 0 Å². The molecule has 1 saturated heterocycles. The third kappa shape index (κ3) is 6.13. The number of thioether (sulfide) groups is 1. The second-order valence-corrected chi connectivity index (χ2v) is 11.1. The van der Waals surface area contributed by atoms with Crippen LogP contribution < -0.4 is 4.74 Å². The summed E-state index contributed by atoms with van der Waals surface area (Å²) in [5.74, 6) is 0.899. The van der Waals surface area contributed by atoms with Gasteiger partial charge in [-0.15, -0.1) is 0 Å². The van der Waals surface area contributed by atoms with E-state index in [2.05, 4.69) is 0 Å². The standard InChI is InChI=1S/C29H33ClN2O2S/c30-26-14-8-7-9-22(26)20-34-25-17-15-21(16-18-25)19-27-28(33)32(24-12-5-2-6-13-24)29(35-27)31-23-10-3-1-4-11-23/h7-9,14-19,23-24H,1-6,10-13,20H2. The molecule has 1 amide bonds. The maximum atomic E-state index is 13.5. The van der Waals surface area contributed by atoms with Gasteiger partial charge in [0.2, 0.25) is 0 Å². The average molecular weight is 509 g/mol. The smallest absolute Gasteiger partial charge is 0.266 e. The van der Waals surface area contributed by atoms with E-state index in [9.17, 15) is 4.79 Å². The Morgan fingerprint density at radius 2 is 1.63 bits per heavy atom. The number of carbonyl (C=O) groups excluding carboxylic acids is 1. The predicted octanol–water partition coefficient (Wildman–Crippen LogP) is 7.86. The number of ether oxygens (including phenoxy) is 1. The number of halogens is 1. The van der Waals surface area contributed by atoms with Crippen molar-refractivity contribution in [3.63, 3.8) is 0 Å². The minimum atomic E-state index is 0.121. The summed E-state index contributed by atoms with van der Waals surface area (Å²) in [6, 6.07) is 16.3. The van der Waals surface area contributed by atoms with Crippen molar-refractivity contribution in [2.75, 3.05) is 0 Å². The van der Waals surface area contributed by atoms with Gasteiger partial charge in [0.15, 0.2) is 5.17 Å². The molecule has 0 radical (unpaired) electrons. The molecule has 4 nitrogen and oxygen atoms in total. The summed E-state index contributed by atoms with van der Waals surface area (Å²) in [4.78, 5) is 21.5. The SMILES string of the molecule is O=C1C(=Cc2ccc(OCc3ccccc3Cl)cc2)SC(=NC2CCCCC2)N1C1CCCCC1. The third-order valence-corrected chi connectivity index (χ3v) is 8.54. The van der Waals surface area contributed by atoms with E-state index in [1.807, 2.05) is 59.5 Å². The molecule has 0 unspecified atom stereocenters. The van der Waals surface area contributed by atoms with Crippen molar-refractivity contribution in [2.24, 2.45) is 4.99 Å². The summed E-state index contributed by atoms with van der Waals surface area (Å²) in [7, 11) is 0. The summed E-state index contributed by atoms with van der Waals surface area (Å²) < 4.78 is 5.91. The lowest BCUT2D eigenvalue weighted by molar-refractivity contribution is -0.124. The van der Waals surface area contributed by atoms with Gasteiger partial charge in [-0.3, -0.25) is 14.7 Å². The second kappa shape index (κ2) is 11.7.